The highest BCUT2D eigenvalue weighted by Crippen LogP contribution is 2.41. The fourth-order valence-corrected chi connectivity index (χ4v) is 4.80. The molecule has 0 bridgehead atoms. The monoisotopic (exact) mass is 357 g/mol. The van der Waals surface area contributed by atoms with Crippen molar-refractivity contribution < 1.29 is 14.3 Å². The lowest BCUT2D eigenvalue weighted by molar-refractivity contribution is -0.125. The highest BCUT2D eigenvalue weighted by atomic mass is 16.7. The van der Waals surface area contributed by atoms with Crippen LogP contribution in [0.15, 0.2) is 12.1 Å². The number of carbonyl (C=O) groups is 1. The van der Waals surface area contributed by atoms with E-state index >= 15 is 0 Å². The molecule has 1 aliphatic heterocycles. The Kier molecular flexibility index (Phi) is 5.07. The van der Waals surface area contributed by atoms with Gasteiger partial charge in [-0.1, -0.05) is 31.4 Å². The average molecular weight is 357 g/mol. The van der Waals surface area contributed by atoms with E-state index in [4.69, 9.17) is 9.47 Å². The van der Waals surface area contributed by atoms with Gasteiger partial charge in [-0.05, 0) is 67.7 Å². The predicted octanol–water partition coefficient (Wildman–Crippen LogP) is 3.92. The molecule has 1 saturated heterocycles. The van der Waals surface area contributed by atoms with E-state index in [1.807, 2.05) is 0 Å². The zero-order valence-corrected chi connectivity index (χ0v) is 16.1. The first-order valence-corrected chi connectivity index (χ1v) is 10.2. The molecule has 3 fully saturated rings. The van der Waals surface area contributed by atoms with E-state index in [-0.39, 0.29) is 17.6 Å². The molecule has 1 unspecified atom stereocenters. The summed E-state index contributed by atoms with van der Waals surface area (Å²) in [5.41, 5.74) is 4.88. The molecule has 26 heavy (non-hydrogen) atoms. The van der Waals surface area contributed by atoms with E-state index in [0.717, 1.165) is 31.6 Å². The number of aryl methyl sites for hydroxylation is 2. The molecular formula is C22H31NO3. The van der Waals surface area contributed by atoms with Gasteiger partial charge in [-0.2, -0.15) is 0 Å². The van der Waals surface area contributed by atoms with Crippen molar-refractivity contribution in [3.05, 3.63) is 34.4 Å². The normalized spacial score (nSPS) is 25.2. The number of carbonyl (C=O) groups excluding carboxylic acids is 1. The van der Waals surface area contributed by atoms with Gasteiger partial charge in [0.15, 0.2) is 0 Å². The molecule has 1 N–H and O–H groups in total. The Hall–Kier alpha value is -1.39. The molecule has 1 amide bonds. The van der Waals surface area contributed by atoms with Crippen LogP contribution in [0.5, 0.6) is 0 Å². The van der Waals surface area contributed by atoms with Crippen molar-refractivity contribution >= 4 is 5.91 Å². The maximum atomic E-state index is 13.0. The zero-order chi connectivity index (χ0) is 18.1. The van der Waals surface area contributed by atoms with E-state index in [1.165, 1.54) is 41.5 Å². The minimum absolute atomic E-state index is 0.00816. The number of amides is 1. The molecule has 2 aliphatic carbocycles. The quantitative estimate of drug-likeness (QED) is 0.869. The van der Waals surface area contributed by atoms with Gasteiger partial charge in [0.25, 0.3) is 0 Å². The Morgan fingerprint density at radius 3 is 2.42 bits per heavy atom. The van der Waals surface area contributed by atoms with Gasteiger partial charge in [-0.25, -0.2) is 0 Å². The van der Waals surface area contributed by atoms with Crippen molar-refractivity contribution in [3.63, 3.8) is 0 Å². The van der Waals surface area contributed by atoms with E-state index in [1.54, 1.807) is 0 Å². The summed E-state index contributed by atoms with van der Waals surface area (Å²) < 4.78 is 11.2. The molecule has 4 heteroatoms. The summed E-state index contributed by atoms with van der Waals surface area (Å²) in [5.74, 6) is 0.869. The number of benzene rings is 1. The summed E-state index contributed by atoms with van der Waals surface area (Å²) in [6.45, 7) is 5.23. The van der Waals surface area contributed by atoms with Gasteiger partial charge >= 0.3 is 0 Å². The first-order valence-electron chi connectivity index (χ1n) is 10.2. The first-order chi connectivity index (χ1) is 12.6. The maximum Gasteiger partial charge on any atom is 0.224 e. The second kappa shape index (κ2) is 7.32. The molecule has 3 aliphatic rings. The van der Waals surface area contributed by atoms with Crippen molar-refractivity contribution in [2.75, 3.05) is 13.4 Å². The standard InChI is InChI=1S/C22H31NO3/c1-15-10-18(17-6-7-17)11-16(2)19(15)12-21(24)23-22(8-4-3-5-9-22)20-13-25-14-26-20/h10-11,17,20H,3-9,12-14H2,1-2H3,(H,23,24). The van der Waals surface area contributed by atoms with Gasteiger partial charge in [0.2, 0.25) is 5.91 Å². The van der Waals surface area contributed by atoms with Crippen LogP contribution in [0.1, 0.15) is 73.1 Å². The summed E-state index contributed by atoms with van der Waals surface area (Å²) in [5, 5.41) is 3.38. The van der Waals surface area contributed by atoms with Crippen LogP contribution in [0.3, 0.4) is 0 Å². The van der Waals surface area contributed by atoms with Crippen LogP contribution in [0.4, 0.5) is 0 Å². The van der Waals surface area contributed by atoms with Gasteiger partial charge in [0.1, 0.15) is 12.9 Å². The van der Waals surface area contributed by atoms with Gasteiger partial charge < -0.3 is 14.8 Å². The summed E-state index contributed by atoms with van der Waals surface area (Å²) >= 11 is 0. The lowest BCUT2D eigenvalue weighted by atomic mass is 9.77. The first kappa shape index (κ1) is 18.0. The molecule has 1 aromatic rings. The fraction of sp³-hybridized carbons (Fsp3) is 0.682. The third-order valence-corrected chi connectivity index (χ3v) is 6.48. The van der Waals surface area contributed by atoms with Crippen molar-refractivity contribution in [1.82, 2.24) is 5.32 Å². The number of ether oxygens (including phenoxy) is 2. The van der Waals surface area contributed by atoms with E-state index in [9.17, 15) is 4.79 Å². The van der Waals surface area contributed by atoms with Crippen molar-refractivity contribution in [2.45, 2.75) is 82.8 Å². The molecule has 4 rings (SSSR count). The molecule has 2 saturated carbocycles. The van der Waals surface area contributed by atoms with Crippen molar-refractivity contribution in [3.8, 4) is 0 Å². The topological polar surface area (TPSA) is 47.6 Å². The number of hydrogen-bond acceptors (Lipinski definition) is 3. The van der Waals surface area contributed by atoms with Crippen LogP contribution in [0.2, 0.25) is 0 Å². The number of nitrogens with one attached hydrogen (secondary N) is 1. The SMILES string of the molecule is Cc1cc(C2CC2)cc(C)c1CC(=O)NC1(C2COCO2)CCCCC1. The van der Waals surface area contributed by atoms with Crippen LogP contribution in [-0.2, 0) is 20.7 Å². The predicted molar refractivity (Wildman–Crippen MR) is 101 cm³/mol. The lowest BCUT2D eigenvalue weighted by Crippen LogP contribution is -2.58. The van der Waals surface area contributed by atoms with Crippen LogP contribution in [0.25, 0.3) is 0 Å². The fourth-order valence-electron chi connectivity index (χ4n) is 4.80. The van der Waals surface area contributed by atoms with E-state index < -0.39 is 0 Å². The molecule has 4 nitrogen and oxygen atoms in total. The summed E-state index contributed by atoms with van der Waals surface area (Å²) in [7, 11) is 0. The Morgan fingerprint density at radius 1 is 1.15 bits per heavy atom. The molecule has 142 valence electrons. The van der Waals surface area contributed by atoms with Gasteiger partial charge in [0, 0.05) is 0 Å². The minimum atomic E-state index is -0.248. The largest absolute Gasteiger partial charge is 0.353 e. The zero-order valence-electron chi connectivity index (χ0n) is 16.1. The van der Waals surface area contributed by atoms with Crippen LogP contribution in [-0.4, -0.2) is 30.9 Å². The van der Waals surface area contributed by atoms with Gasteiger partial charge in [0.05, 0.1) is 18.6 Å². The Bertz CT molecular complexity index is 645. The smallest absolute Gasteiger partial charge is 0.224 e. The summed E-state index contributed by atoms with van der Waals surface area (Å²) in [6, 6.07) is 4.58. The maximum absolute atomic E-state index is 13.0. The molecular weight excluding hydrogens is 326 g/mol. The van der Waals surface area contributed by atoms with Crippen molar-refractivity contribution in [1.29, 1.82) is 0 Å². The lowest BCUT2D eigenvalue weighted by Gasteiger charge is -2.41. The third kappa shape index (κ3) is 3.67. The second-order valence-corrected chi connectivity index (χ2v) is 8.49. The van der Waals surface area contributed by atoms with Crippen LogP contribution in [0, 0.1) is 13.8 Å². The molecule has 0 radical (unpaired) electrons. The second-order valence-electron chi connectivity index (χ2n) is 8.49. The molecule has 0 aromatic heterocycles. The van der Waals surface area contributed by atoms with Gasteiger partial charge in [-0.15, -0.1) is 0 Å². The minimum Gasteiger partial charge on any atom is -0.353 e. The Morgan fingerprint density at radius 2 is 1.85 bits per heavy atom. The van der Waals surface area contributed by atoms with Crippen molar-refractivity contribution in [2.24, 2.45) is 0 Å². The van der Waals surface area contributed by atoms with E-state index in [0.29, 0.717) is 19.8 Å². The van der Waals surface area contributed by atoms with Crippen LogP contribution >= 0.6 is 0 Å². The molecule has 1 aromatic carbocycles. The van der Waals surface area contributed by atoms with Crippen LogP contribution < -0.4 is 5.32 Å². The summed E-state index contributed by atoms with van der Waals surface area (Å²) in [4.78, 5) is 13.0. The summed E-state index contributed by atoms with van der Waals surface area (Å²) in [6.07, 6.45) is 8.59. The Labute approximate surface area is 156 Å². The highest BCUT2D eigenvalue weighted by Gasteiger charge is 2.43. The number of rotatable bonds is 5. The number of hydrogen-bond donors (Lipinski definition) is 1. The Balaban J connectivity index is 1.48. The molecule has 1 heterocycles. The highest BCUT2D eigenvalue weighted by molar-refractivity contribution is 5.80. The third-order valence-electron chi connectivity index (χ3n) is 6.48. The average Bonchev–Trinajstić information content (AvgIpc) is 3.32. The van der Waals surface area contributed by atoms with Gasteiger partial charge in [-0.3, -0.25) is 4.79 Å². The molecule has 0 spiro atoms. The molecule has 1 atom stereocenters. The van der Waals surface area contributed by atoms with E-state index in [2.05, 4.69) is 31.3 Å².